The number of sulfone groups is 1. The van der Waals surface area contributed by atoms with Gasteiger partial charge in [0.15, 0.2) is 9.84 Å². The fraction of sp³-hybridized carbons (Fsp3) is 0.444. The molecule has 7 heteroatoms. The van der Waals surface area contributed by atoms with Crippen LogP contribution >= 0.6 is 0 Å². The lowest BCUT2D eigenvalue weighted by Gasteiger charge is -2.21. The van der Waals surface area contributed by atoms with Gasteiger partial charge in [-0.3, -0.25) is 4.79 Å². The molecular formula is C18H24N2O4S. The minimum Gasteiger partial charge on any atom is -0.444 e. The lowest BCUT2D eigenvalue weighted by molar-refractivity contribution is -0.117. The van der Waals surface area contributed by atoms with E-state index in [1.54, 1.807) is 31.3 Å². The molecule has 0 N–H and O–H groups in total. The van der Waals surface area contributed by atoms with Crippen LogP contribution in [0.5, 0.6) is 0 Å². The molecule has 1 amide bonds. The van der Waals surface area contributed by atoms with E-state index in [1.807, 2.05) is 26.8 Å². The summed E-state index contributed by atoms with van der Waals surface area (Å²) in [6, 6.07) is 8.91. The molecule has 25 heavy (non-hydrogen) atoms. The number of carbonyl (C=O) groups excluding carboxylic acids is 1. The summed E-state index contributed by atoms with van der Waals surface area (Å²) in [4.78, 5) is 17.9. The van der Waals surface area contributed by atoms with Crippen LogP contribution in [0.1, 0.15) is 39.3 Å². The van der Waals surface area contributed by atoms with Crippen LogP contribution in [-0.2, 0) is 25.8 Å². The zero-order chi connectivity index (χ0) is 18.8. The molecule has 1 aromatic heterocycles. The second-order valence-electron chi connectivity index (χ2n) is 7.05. The summed E-state index contributed by atoms with van der Waals surface area (Å²) in [5.74, 6) is -0.183. The van der Waals surface area contributed by atoms with Gasteiger partial charge in [-0.15, -0.1) is 0 Å². The van der Waals surface area contributed by atoms with Crippen molar-refractivity contribution in [1.29, 1.82) is 0 Å². The number of amides is 1. The molecule has 0 spiro atoms. The first kappa shape index (κ1) is 19.2. The van der Waals surface area contributed by atoms with Gasteiger partial charge in [0, 0.05) is 18.2 Å². The molecule has 6 nitrogen and oxygen atoms in total. The topological polar surface area (TPSA) is 80.5 Å². The minimum absolute atomic E-state index is 0.104. The van der Waals surface area contributed by atoms with Gasteiger partial charge in [0.25, 0.3) is 0 Å². The van der Waals surface area contributed by atoms with E-state index in [0.717, 1.165) is 0 Å². The highest BCUT2D eigenvalue weighted by Gasteiger charge is 2.32. The summed E-state index contributed by atoms with van der Waals surface area (Å²) in [6.07, 6.45) is 1.54. The normalized spacial score (nSPS) is 13.5. The Hall–Kier alpha value is -2.15. The molecule has 136 valence electrons. The van der Waals surface area contributed by atoms with Crippen molar-refractivity contribution in [3.8, 4) is 0 Å². The summed E-state index contributed by atoms with van der Waals surface area (Å²) in [5, 5.41) is -1.19. The van der Waals surface area contributed by atoms with Gasteiger partial charge in [-0.25, -0.2) is 13.4 Å². The first-order valence-electron chi connectivity index (χ1n) is 8.02. The van der Waals surface area contributed by atoms with Crippen molar-refractivity contribution >= 4 is 21.4 Å². The molecule has 0 aliphatic rings. The number of oxazole rings is 1. The first-order valence-corrected chi connectivity index (χ1v) is 9.73. The summed E-state index contributed by atoms with van der Waals surface area (Å²) in [7, 11) is -2.18. The van der Waals surface area contributed by atoms with E-state index in [-0.39, 0.29) is 11.3 Å². The van der Waals surface area contributed by atoms with E-state index in [1.165, 1.54) is 18.0 Å². The molecule has 2 rings (SSSR count). The molecule has 1 atom stereocenters. The average molecular weight is 364 g/mol. The Labute approximate surface area is 148 Å². The molecule has 0 saturated heterocycles. The molecule has 0 saturated carbocycles. The van der Waals surface area contributed by atoms with Gasteiger partial charge in [0.05, 0.1) is 6.20 Å². The first-order chi connectivity index (χ1) is 11.5. The van der Waals surface area contributed by atoms with E-state index in [4.69, 9.17) is 4.42 Å². The molecule has 0 radical (unpaired) electrons. The van der Waals surface area contributed by atoms with Crippen molar-refractivity contribution < 1.29 is 17.6 Å². The van der Waals surface area contributed by atoms with Gasteiger partial charge in [0.1, 0.15) is 16.8 Å². The second-order valence-corrected chi connectivity index (χ2v) is 9.37. The van der Waals surface area contributed by atoms with Gasteiger partial charge in [-0.1, -0.05) is 39.0 Å². The zero-order valence-electron chi connectivity index (χ0n) is 15.2. The van der Waals surface area contributed by atoms with Crippen LogP contribution < -0.4 is 4.90 Å². The fourth-order valence-electron chi connectivity index (χ4n) is 2.23. The van der Waals surface area contributed by atoms with Crippen molar-refractivity contribution in [3.63, 3.8) is 0 Å². The van der Waals surface area contributed by atoms with Crippen LogP contribution in [0, 0.1) is 0 Å². The lowest BCUT2D eigenvalue weighted by atomic mass is 9.94. The number of nitrogens with zero attached hydrogens (tertiary/aromatic N) is 2. The number of para-hydroxylation sites is 1. The van der Waals surface area contributed by atoms with E-state index >= 15 is 0 Å². The number of hydrogen-bond donors (Lipinski definition) is 0. The molecule has 0 aliphatic heterocycles. The highest BCUT2D eigenvalue weighted by molar-refractivity contribution is 7.92. The Bertz CT molecular complexity index is 835. The smallest absolute Gasteiger partial charge is 0.244 e. The van der Waals surface area contributed by atoms with Crippen LogP contribution in [-0.4, -0.2) is 31.6 Å². The Balaban J connectivity index is 2.15. The summed E-state index contributed by atoms with van der Waals surface area (Å²) >= 11 is 0. The largest absolute Gasteiger partial charge is 0.444 e. The molecule has 0 fully saturated rings. The number of carbonyl (C=O) groups is 1. The SMILES string of the molecule is CC(C(=O)N(C)c1ccccc1)S(=O)(=O)Cc1ncc(C(C)(C)C)o1. The second kappa shape index (κ2) is 7.00. The van der Waals surface area contributed by atoms with Crippen LogP contribution in [0.25, 0.3) is 0 Å². The lowest BCUT2D eigenvalue weighted by Crippen LogP contribution is -2.39. The maximum atomic E-state index is 12.6. The third-order valence-electron chi connectivity index (χ3n) is 3.98. The van der Waals surface area contributed by atoms with E-state index in [9.17, 15) is 13.2 Å². The Morgan fingerprint density at radius 1 is 1.24 bits per heavy atom. The van der Waals surface area contributed by atoms with Gasteiger partial charge in [-0.05, 0) is 19.1 Å². The van der Waals surface area contributed by atoms with Crippen LogP contribution in [0.3, 0.4) is 0 Å². The molecule has 1 aromatic carbocycles. The number of aromatic nitrogens is 1. The summed E-state index contributed by atoms with van der Waals surface area (Å²) < 4.78 is 30.7. The van der Waals surface area contributed by atoms with Gasteiger partial charge in [0.2, 0.25) is 11.8 Å². The van der Waals surface area contributed by atoms with Crippen molar-refractivity contribution in [1.82, 2.24) is 4.98 Å². The standard InChI is InChI=1S/C18H24N2O4S/c1-13(17(21)20(5)14-9-7-6-8-10-14)25(22,23)12-16-19-11-15(24-16)18(2,3)4/h6-11,13H,12H2,1-5H3. The molecule has 1 heterocycles. The Kier molecular flexibility index (Phi) is 5.37. The number of benzene rings is 1. The third kappa shape index (κ3) is 4.48. The van der Waals surface area contributed by atoms with Crippen LogP contribution in [0.15, 0.2) is 40.9 Å². The van der Waals surface area contributed by atoms with E-state index < -0.39 is 26.7 Å². The van der Waals surface area contributed by atoms with E-state index in [0.29, 0.717) is 11.4 Å². The van der Waals surface area contributed by atoms with Crippen molar-refractivity contribution in [2.24, 2.45) is 0 Å². The quantitative estimate of drug-likeness (QED) is 0.815. The molecule has 0 bridgehead atoms. The third-order valence-corrected chi connectivity index (χ3v) is 5.91. The zero-order valence-corrected chi connectivity index (χ0v) is 16.0. The molecular weight excluding hydrogens is 340 g/mol. The summed E-state index contributed by atoms with van der Waals surface area (Å²) in [5.41, 5.74) is 0.380. The highest BCUT2D eigenvalue weighted by atomic mass is 32.2. The Morgan fingerprint density at radius 3 is 2.36 bits per heavy atom. The van der Waals surface area contributed by atoms with Gasteiger partial charge in [-0.2, -0.15) is 0 Å². The number of rotatable bonds is 5. The minimum atomic E-state index is -3.75. The Morgan fingerprint density at radius 2 is 1.84 bits per heavy atom. The molecule has 1 unspecified atom stereocenters. The monoisotopic (exact) mass is 364 g/mol. The average Bonchev–Trinajstić information content (AvgIpc) is 3.01. The molecule has 0 aliphatic carbocycles. The van der Waals surface area contributed by atoms with Gasteiger partial charge < -0.3 is 9.32 Å². The van der Waals surface area contributed by atoms with Crippen molar-refractivity contribution in [3.05, 3.63) is 48.2 Å². The van der Waals surface area contributed by atoms with Crippen molar-refractivity contribution in [2.75, 3.05) is 11.9 Å². The maximum absolute atomic E-state index is 12.6. The highest BCUT2D eigenvalue weighted by Crippen LogP contribution is 2.24. The number of hydrogen-bond acceptors (Lipinski definition) is 5. The summed E-state index contributed by atoms with van der Waals surface area (Å²) in [6.45, 7) is 7.25. The maximum Gasteiger partial charge on any atom is 0.244 e. The van der Waals surface area contributed by atoms with Gasteiger partial charge >= 0.3 is 0 Å². The predicted molar refractivity (Wildman–Crippen MR) is 97.1 cm³/mol. The number of anilines is 1. The van der Waals surface area contributed by atoms with Crippen LogP contribution in [0.2, 0.25) is 0 Å². The fourth-order valence-corrected chi connectivity index (χ4v) is 3.42. The predicted octanol–water partition coefficient (Wildman–Crippen LogP) is 2.94. The molecule has 2 aromatic rings. The van der Waals surface area contributed by atoms with Crippen LogP contribution in [0.4, 0.5) is 5.69 Å². The van der Waals surface area contributed by atoms with Crippen molar-refractivity contribution in [2.45, 2.75) is 44.1 Å². The van der Waals surface area contributed by atoms with E-state index in [2.05, 4.69) is 4.98 Å².